The first-order chi connectivity index (χ1) is 25.6. The lowest BCUT2D eigenvalue weighted by Crippen LogP contribution is -2.56. The molecular formula is C38H58N6O8S. The Morgan fingerprint density at radius 1 is 0.962 bits per heavy atom. The second-order valence-electron chi connectivity index (χ2n) is 14.7. The van der Waals surface area contributed by atoms with Crippen molar-refractivity contribution < 1.29 is 38.1 Å². The van der Waals surface area contributed by atoms with Crippen molar-refractivity contribution in [3.8, 4) is 0 Å². The molecule has 2 fully saturated rings. The third-order valence-corrected chi connectivity index (χ3v) is 10.3. The zero-order valence-electron chi connectivity index (χ0n) is 31.6. The van der Waals surface area contributed by atoms with Gasteiger partial charge in [0.1, 0.15) is 18.1 Å². The van der Waals surface area contributed by atoms with Crippen molar-refractivity contribution in [3.05, 3.63) is 35.5 Å². The highest BCUT2D eigenvalue weighted by Crippen LogP contribution is 2.39. The van der Waals surface area contributed by atoms with E-state index in [1.807, 2.05) is 44.4 Å². The zero-order chi connectivity index (χ0) is 37.9. The Labute approximate surface area is 317 Å². The number of carbonyl (C=O) groups excluding carboxylic acids is 4. The minimum Gasteiger partial charge on any atom is -0.379 e. The lowest BCUT2D eigenvalue weighted by atomic mass is 9.70. The van der Waals surface area contributed by atoms with E-state index in [4.69, 9.17) is 23.9 Å². The number of pyridine rings is 1. The first-order valence-corrected chi connectivity index (χ1v) is 19.8. The number of nitrogens with one attached hydrogen (secondary N) is 3. The summed E-state index contributed by atoms with van der Waals surface area (Å²) in [6.07, 6.45) is 9.60. The molecule has 2 aliphatic rings. The van der Waals surface area contributed by atoms with Crippen molar-refractivity contribution in [3.63, 3.8) is 0 Å². The van der Waals surface area contributed by atoms with Crippen molar-refractivity contribution in [2.75, 3.05) is 71.3 Å². The topological polar surface area (TPSA) is 170 Å². The molecule has 294 valence electrons. The Kier molecular flexibility index (Phi) is 17.5. The molecule has 14 nitrogen and oxygen atoms in total. The maximum Gasteiger partial charge on any atom is 0.246 e. The molecule has 3 heterocycles. The molecule has 2 unspecified atom stereocenters. The van der Waals surface area contributed by atoms with Crippen LogP contribution in [-0.2, 0) is 44.5 Å². The quantitative estimate of drug-likeness (QED) is 0.110. The van der Waals surface area contributed by atoms with Gasteiger partial charge in [-0.15, -0.1) is 11.3 Å². The molecule has 0 bridgehead atoms. The van der Waals surface area contributed by atoms with Gasteiger partial charge in [0, 0.05) is 43.2 Å². The van der Waals surface area contributed by atoms with E-state index in [2.05, 4.69) is 20.9 Å². The number of carbonyl (C=O) groups is 4. The summed E-state index contributed by atoms with van der Waals surface area (Å²) in [5, 5.41) is 11.9. The maximum absolute atomic E-state index is 13.5. The van der Waals surface area contributed by atoms with Crippen LogP contribution in [0.25, 0.3) is 0 Å². The Morgan fingerprint density at radius 3 is 2.28 bits per heavy atom. The summed E-state index contributed by atoms with van der Waals surface area (Å²) in [4.78, 5) is 61.2. The number of thiazole rings is 1. The second-order valence-corrected chi connectivity index (χ2v) is 15.6. The van der Waals surface area contributed by atoms with Gasteiger partial charge in [0.05, 0.1) is 64.3 Å². The first-order valence-electron chi connectivity index (χ1n) is 18.9. The maximum atomic E-state index is 13.5. The number of anilines is 2. The van der Waals surface area contributed by atoms with Gasteiger partial charge in [0.15, 0.2) is 5.13 Å². The highest BCUT2D eigenvalue weighted by molar-refractivity contribution is 7.13. The van der Waals surface area contributed by atoms with E-state index in [1.54, 1.807) is 11.1 Å². The average molecular weight is 759 g/mol. The van der Waals surface area contributed by atoms with Gasteiger partial charge in [0.2, 0.25) is 17.7 Å². The summed E-state index contributed by atoms with van der Waals surface area (Å²) in [6, 6.07) is 4.72. The van der Waals surface area contributed by atoms with Crippen LogP contribution in [0.1, 0.15) is 77.8 Å². The largest absolute Gasteiger partial charge is 0.379 e. The van der Waals surface area contributed by atoms with E-state index in [0.717, 1.165) is 61.5 Å². The summed E-state index contributed by atoms with van der Waals surface area (Å²) in [7, 11) is 0. The molecule has 1 aliphatic heterocycles. The second kappa shape index (κ2) is 22.0. The van der Waals surface area contributed by atoms with Crippen molar-refractivity contribution >= 4 is 46.3 Å². The average Bonchev–Trinajstić information content (AvgIpc) is 3.84. The minimum absolute atomic E-state index is 0.0646. The Hall–Kier alpha value is -3.50. The molecule has 1 saturated heterocycles. The SMILES string of the molecule is CC(C)(C)C(NC(=O)CCOCCOCCOCCOCCNC(=O)C1(Cc2cccc(Nc3nccs3)n2)CCCCC1)C(=O)N1CCCC1C=O. The molecule has 2 aromatic heterocycles. The molecule has 0 spiro atoms. The fourth-order valence-electron chi connectivity index (χ4n) is 6.71. The number of rotatable bonds is 23. The Bertz CT molecular complexity index is 1420. The number of likely N-dealkylation sites (tertiary alicyclic amines) is 1. The summed E-state index contributed by atoms with van der Waals surface area (Å²) in [5.41, 5.74) is -0.0837. The van der Waals surface area contributed by atoms with Gasteiger partial charge in [-0.25, -0.2) is 9.97 Å². The van der Waals surface area contributed by atoms with Crippen LogP contribution in [0.4, 0.5) is 10.9 Å². The van der Waals surface area contributed by atoms with Crippen molar-refractivity contribution in [2.24, 2.45) is 10.8 Å². The number of aldehydes is 1. The predicted molar refractivity (Wildman–Crippen MR) is 202 cm³/mol. The molecule has 0 aromatic carbocycles. The van der Waals surface area contributed by atoms with Crippen LogP contribution < -0.4 is 16.0 Å². The van der Waals surface area contributed by atoms with E-state index in [9.17, 15) is 19.2 Å². The normalized spacial score (nSPS) is 17.6. The molecule has 2 aromatic rings. The lowest BCUT2D eigenvalue weighted by Gasteiger charge is -2.35. The molecule has 3 N–H and O–H groups in total. The van der Waals surface area contributed by atoms with Gasteiger partial charge in [-0.2, -0.15) is 0 Å². The highest BCUT2D eigenvalue weighted by Gasteiger charge is 2.40. The molecule has 53 heavy (non-hydrogen) atoms. The summed E-state index contributed by atoms with van der Waals surface area (Å²) in [6.45, 7) is 9.55. The van der Waals surface area contributed by atoms with E-state index < -0.39 is 22.9 Å². The summed E-state index contributed by atoms with van der Waals surface area (Å²) < 4.78 is 22.3. The van der Waals surface area contributed by atoms with Crippen molar-refractivity contribution in [1.82, 2.24) is 25.5 Å². The minimum atomic E-state index is -0.722. The molecule has 3 amide bonds. The van der Waals surface area contributed by atoms with Crippen LogP contribution in [0.5, 0.6) is 0 Å². The van der Waals surface area contributed by atoms with Gasteiger partial charge in [-0.3, -0.25) is 14.4 Å². The van der Waals surface area contributed by atoms with E-state index in [-0.39, 0.29) is 30.7 Å². The monoisotopic (exact) mass is 758 g/mol. The van der Waals surface area contributed by atoms with Gasteiger partial charge in [-0.05, 0) is 43.2 Å². The summed E-state index contributed by atoms with van der Waals surface area (Å²) >= 11 is 1.51. The van der Waals surface area contributed by atoms with Gasteiger partial charge in [0.25, 0.3) is 0 Å². The van der Waals surface area contributed by atoms with E-state index in [0.29, 0.717) is 72.2 Å². The Morgan fingerprint density at radius 2 is 1.64 bits per heavy atom. The fraction of sp³-hybridized carbons (Fsp3) is 0.684. The first kappa shape index (κ1) is 42.2. The van der Waals surface area contributed by atoms with Crippen LogP contribution in [0, 0.1) is 10.8 Å². The van der Waals surface area contributed by atoms with Gasteiger partial charge >= 0.3 is 0 Å². The molecule has 4 rings (SSSR count). The van der Waals surface area contributed by atoms with Crippen LogP contribution in [0.2, 0.25) is 0 Å². The third-order valence-electron chi connectivity index (χ3n) is 9.57. The molecule has 15 heteroatoms. The number of ether oxygens (including phenoxy) is 4. The van der Waals surface area contributed by atoms with Crippen LogP contribution in [0.15, 0.2) is 29.8 Å². The highest BCUT2D eigenvalue weighted by atomic mass is 32.1. The van der Waals surface area contributed by atoms with Gasteiger partial charge < -0.3 is 44.6 Å². The van der Waals surface area contributed by atoms with E-state index >= 15 is 0 Å². The van der Waals surface area contributed by atoms with E-state index in [1.165, 1.54) is 11.3 Å². The number of nitrogens with zero attached hydrogens (tertiary/aromatic N) is 3. The summed E-state index contributed by atoms with van der Waals surface area (Å²) in [5.74, 6) is 0.298. The van der Waals surface area contributed by atoms with Crippen LogP contribution in [-0.4, -0.2) is 117 Å². The van der Waals surface area contributed by atoms with Crippen LogP contribution in [0.3, 0.4) is 0 Å². The standard InChI is InChI=1S/C38H58N6O8S/c1-37(2,3)33(34(47)44-17-8-10-30(44)28-45)43-32(46)12-18-49-20-22-51-24-25-52-23-21-50-19-15-39-35(48)38(13-5-4-6-14-38)27-29-9-7-11-31(41-29)42-36-40-16-26-53-36/h7,9,11,16,26,28,30,33H,4-6,8,10,12-15,17-25,27H2,1-3H3,(H,39,48)(H,43,46)(H,40,41,42). The molecule has 2 atom stereocenters. The van der Waals surface area contributed by atoms with Crippen molar-refractivity contribution in [1.29, 1.82) is 0 Å². The number of hydrogen-bond donors (Lipinski definition) is 3. The number of hydrogen-bond acceptors (Lipinski definition) is 12. The number of amides is 3. The van der Waals surface area contributed by atoms with Crippen molar-refractivity contribution in [2.45, 2.75) is 90.6 Å². The zero-order valence-corrected chi connectivity index (χ0v) is 32.4. The van der Waals surface area contributed by atoms with Gasteiger partial charge in [-0.1, -0.05) is 46.1 Å². The lowest BCUT2D eigenvalue weighted by molar-refractivity contribution is -0.141. The smallest absolute Gasteiger partial charge is 0.246 e. The molecule has 1 saturated carbocycles. The van der Waals surface area contributed by atoms with Crippen LogP contribution >= 0.6 is 11.3 Å². The number of aromatic nitrogens is 2. The molecular weight excluding hydrogens is 701 g/mol. The molecule has 1 aliphatic carbocycles. The third kappa shape index (κ3) is 14.0. The predicted octanol–water partition coefficient (Wildman–Crippen LogP) is 4.07. The molecule has 0 radical (unpaired) electrons. The Balaban J connectivity index is 1.00. The fourth-order valence-corrected chi connectivity index (χ4v) is 7.24.